The van der Waals surface area contributed by atoms with Crippen LogP contribution >= 0.6 is 0 Å². The van der Waals surface area contributed by atoms with Crippen molar-refractivity contribution < 1.29 is 15.3 Å². The van der Waals surface area contributed by atoms with Crippen LogP contribution in [0, 0.1) is 0 Å². The van der Waals surface area contributed by atoms with Gasteiger partial charge in [0.05, 0.1) is 6.61 Å². The first-order chi connectivity index (χ1) is 4.81. The van der Waals surface area contributed by atoms with Crippen LogP contribution in [0.4, 0.5) is 0 Å². The van der Waals surface area contributed by atoms with Crippen molar-refractivity contribution in [1.29, 1.82) is 0 Å². The summed E-state index contributed by atoms with van der Waals surface area (Å²) in [5.74, 6) is 0.0120. The molecule has 60 valence electrons. The molecule has 0 amide bonds. The van der Waals surface area contributed by atoms with Crippen molar-refractivity contribution in [2.45, 2.75) is 19.3 Å². The highest BCUT2D eigenvalue weighted by Crippen LogP contribution is 1.97. The molecule has 0 aromatic heterocycles. The largest absolute Gasteiger partial charge is 0.510 e. The van der Waals surface area contributed by atoms with Gasteiger partial charge in [-0.2, -0.15) is 0 Å². The van der Waals surface area contributed by atoms with Gasteiger partial charge in [-0.3, -0.25) is 0 Å². The van der Waals surface area contributed by atoms with Gasteiger partial charge >= 0.3 is 0 Å². The Morgan fingerprint density at radius 2 is 1.90 bits per heavy atom. The highest BCUT2D eigenvalue weighted by Gasteiger charge is 1.87. The number of rotatable bonds is 5. The van der Waals surface area contributed by atoms with Gasteiger partial charge in [0.2, 0.25) is 0 Å². The van der Waals surface area contributed by atoms with Crippen molar-refractivity contribution in [3.63, 3.8) is 0 Å². The lowest BCUT2D eigenvalue weighted by molar-refractivity contribution is 0.251. The molecule has 10 heavy (non-hydrogen) atoms. The minimum Gasteiger partial charge on any atom is -0.510 e. The molecule has 0 aliphatic heterocycles. The highest BCUT2D eigenvalue weighted by molar-refractivity contribution is 4.89. The fourth-order valence-electron chi connectivity index (χ4n) is 0.589. The zero-order chi connectivity index (χ0) is 7.82. The second kappa shape index (κ2) is 6.58. The van der Waals surface area contributed by atoms with Crippen molar-refractivity contribution in [1.82, 2.24) is 0 Å². The molecule has 0 radical (unpaired) electrons. The molecule has 0 rings (SSSR count). The van der Waals surface area contributed by atoms with Crippen LogP contribution in [0.25, 0.3) is 0 Å². The molecule has 3 nitrogen and oxygen atoms in total. The fourth-order valence-corrected chi connectivity index (χ4v) is 0.589. The van der Waals surface area contributed by atoms with Crippen molar-refractivity contribution >= 4 is 0 Å². The molecule has 3 N–H and O–H groups in total. The second-order valence-electron chi connectivity index (χ2n) is 2.07. The van der Waals surface area contributed by atoms with Gasteiger partial charge in [-0.05, 0) is 25.3 Å². The van der Waals surface area contributed by atoms with Crippen molar-refractivity contribution in [2.24, 2.45) is 0 Å². The number of unbranched alkanes of at least 4 members (excludes halogenated alkanes) is 2. The third-order valence-electron chi connectivity index (χ3n) is 1.15. The first-order valence-corrected chi connectivity index (χ1v) is 3.41. The normalized spacial score (nSPS) is 12.0. The molecule has 0 aliphatic carbocycles. The van der Waals surface area contributed by atoms with Crippen molar-refractivity contribution in [3.8, 4) is 0 Å². The van der Waals surface area contributed by atoms with Crippen LogP contribution < -0.4 is 0 Å². The lowest BCUT2D eigenvalue weighted by Gasteiger charge is -1.93. The number of hydrogen-bond acceptors (Lipinski definition) is 3. The van der Waals surface area contributed by atoms with E-state index in [0.717, 1.165) is 12.8 Å². The summed E-state index contributed by atoms with van der Waals surface area (Å²) < 4.78 is 0. The summed E-state index contributed by atoms with van der Waals surface area (Å²) in [6.45, 7) is -0.104. The van der Waals surface area contributed by atoms with Crippen LogP contribution in [0.2, 0.25) is 0 Å². The van der Waals surface area contributed by atoms with Crippen molar-refractivity contribution in [2.75, 3.05) is 13.2 Å². The van der Waals surface area contributed by atoms with Crippen LogP contribution in [-0.2, 0) is 0 Å². The molecule has 0 aliphatic rings. The molecular weight excluding hydrogens is 132 g/mol. The predicted octanol–water partition coefficient (Wildman–Crippen LogP) is 0.583. The topological polar surface area (TPSA) is 60.7 Å². The van der Waals surface area contributed by atoms with Gasteiger partial charge in [-0.1, -0.05) is 0 Å². The van der Waals surface area contributed by atoms with E-state index in [-0.39, 0.29) is 19.0 Å². The smallest absolute Gasteiger partial charge is 0.114 e. The summed E-state index contributed by atoms with van der Waals surface area (Å²) in [6.07, 6.45) is 3.87. The third-order valence-corrected chi connectivity index (χ3v) is 1.15. The summed E-state index contributed by atoms with van der Waals surface area (Å²) in [4.78, 5) is 0. The molecule has 0 aromatic rings. The third kappa shape index (κ3) is 5.59. The fraction of sp³-hybridized carbons (Fsp3) is 0.714. The van der Waals surface area contributed by atoms with Gasteiger partial charge in [0.25, 0.3) is 0 Å². The maximum atomic E-state index is 8.71. The van der Waals surface area contributed by atoms with Crippen LogP contribution in [-0.4, -0.2) is 28.5 Å². The van der Waals surface area contributed by atoms with Gasteiger partial charge in [-0.15, -0.1) is 0 Å². The van der Waals surface area contributed by atoms with E-state index >= 15 is 0 Å². The lowest BCUT2D eigenvalue weighted by Crippen LogP contribution is -1.88. The molecular formula is C7H14O3. The Bertz CT molecular complexity index is 99.0. The zero-order valence-electron chi connectivity index (χ0n) is 5.95. The van der Waals surface area contributed by atoms with E-state index < -0.39 is 0 Å². The van der Waals surface area contributed by atoms with E-state index in [4.69, 9.17) is 15.3 Å². The minimum absolute atomic E-state index is 0.0120. The molecule has 0 spiro atoms. The number of aliphatic hydroxyl groups excluding tert-OH is 3. The van der Waals surface area contributed by atoms with Crippen LogP contribution in [0.5, 0.6) is 0 Å². The Kier molecular flexibility index (Phi) is 6.22. The molecule has 0 fully saturated rings. The Labute approximate surface area is 60.6 Å². The standard InChI is InChI=1S/C7H14O3/c8-5-3-1-2-4-7(10)6-9/h4,8-10H,1-3,5-6H2. The summed E-state index contributed by atoms with van der Waals surface area (Å²) in [5, 5.41) is 25.4. The quantitative estimate of drug-likeness (QED) is 0.393. The Morgan fingerprint density at radius 1 is 1.20 bits per heavy atom. The monoisotopic (exact) mass is 146 g/mol. The molecule has 0 aromatic carbocycles. The first-order valence-electron chi connectivity index (χ1n) is 3.41. The van der Waals surface area contributed by atoms with Gasteiger partial charge in [0, 0.05) is 6.61 Å². The summed E-state index contributed by atoms with van der Waals surface area (Å²) in [6, 6.07) is 0. The highest BCUT2D eigenvalue weighted by atomic mass is 16.3. The zero-order valence-corrected chi connectivity index (χ0v) is 5.95. The van der Waals surface area contributed by atoms with Crippen LogP contribution in [0.15, 0.2) is 11.8 Å². The Morgan fingerprint density at radius 3 is 2.40 bits per heavy atom. The molecule has 0 atom stereocenters. The molecule has 0 saturated carbocycles. The first kappa shape index (κ1) is 9.46. The molecule has 3 heteroatoms. The van der Waals surface area contributed by atoms with E-state index in [1.807, 2.05) is 0 Å². The maximum absolute atomic E-state index is 8.71. The predicted molar refractivity (Wildman–Crippen MR) is 38.7 cm³/mol. The minimum atomic E-state index is -0.293. The summed E-state index contributed by atoms with van der Waals surface area (Å²) in [7, 11) is 0. The summed E-state index contributed by atoms with van der Waals surface area (Å²) in [5.41, 5.74) is 0. The van der Waals surface area contributed by atoms with Gasteiger partial charge in [-0.25, -0.2) is 0 Å². The number of allylic oxidation sites excluding steroid dienone is 1. The van der Waals surface area contributed by atoms with Crippen LogP contribution in [0.3, 0.4) is 0 Å². The Balaban J connectivity index is 3.16. The van der Waals surface area contributed by atoms with Gasteiger partial charge < -0.3 is 15.3 Å². The Hall–Kier alpha value is -0.540. The summed E-state index contributed by atoms with van der Waals surface area (Å²) >= 11 is 0. The van der Waals surface area contributed by atoms with E-state index in [0.29, 0.717) is 6.42 Å². The van der Waals surface area contributed by atoms with E-state index in [2.05, 4.69) is 0 Å². The average Bonchev–Trinajstić information content (AvgIpc) is 1.98. The van der Waals surface area contributed by atoms with E-state index in [1.54, 1.807) is 6.08 Å². The lowest BCUT2D eigenvalue weighted by atomic mass is 10.2. The second-order valence-corrected chi connectivity index (χ2v) is 2.07. The molecule has 0 bridgehead atoms. The van der Waals surface area contributed by atoms with Gasteiger partial charge in [0.15, 0.2) is 0 Å². The van der Waals surface area contributed by atoms with Crippen molar-refractivity contribution in [3.05, 3.63) is 11.8 Å². The molecule has 0 saturated heterocycles. The number of hydrogen-bond donors (Lipinski definition) is 3. The number of aliphatic hydroxyl groups is 3. The SMILES string of the molecule is OCCCCC=C(O)CO. The molecule has 0 heterocycles. The van der Waals surface area contributed by atoms with E-state index in [1.165, 1.54) is 0 Å². The van der Waals surface area contributed by atoms with Gasteiger partial charge in [0.1, 0.15) is 5.76 Å². The van der Waals surface area contributed by atoms with Crippen LogP contribution in [0.1, 0.15) is 19.3 Å². The average molecular weight is 146 g/mol. The molecule has 0 unspecified atom stereocenters. The van der Waals surface area contributed by atoms with E-state index in [9.17, 15) is 0 Å². The maximum Gasteiger partial charge on any atom is 0.114 e.